The molecule has 0 saturated heterocycles. The Kier molecular flexibility index (Phi) is 9.11. The van der Waals surface area contributed by atoms with Crippen LogP contribution in [0.1, 0.15) is 23.1 Å². The number of amides is 1. The summed E-state index contributed by atoms with van der Waals surface area (Å²) in [7, 11) is 0. The Balaban J connectivity index is 0.00000300. The molecule has 0 fully saturated rings. The molecule has 2 heterocycles. The molecule has 3 rings (SSSR count). The monoisotopic (exact) mass is 531 g/mol. The van der Waals surface area contributed by atoms with E-state index < -0.39 is 6.67 Å². The second kappa shape index (κ2) is 11.3. The zero-order chi connectivity index (χ0) is 19.9. The number of aromatic nitrogens is 5. The van der Waals surface area contributed by atoms with Gasteiger partial charge in [-0.15, -0.1) is 17.5 Å². The van der Waals surface area contributed by atoms with Gasteiger partial charge < -0.3 is 5.32 Å². The minimum atomic E-state index is -0.469. The first-order valence-electron chi connectivity index (χ1n) is 8.97. The van der Waals surface area contributed by atoms with Crippen molar-refractivity contribution in [3.05, 3.63) is 45.6 Å². The minimum Gasteiger partial charge on any atom is -0.349 e. The molecule has 1 N–H and O–H groups in total. The second-order valence-corrected chi connectivity index (χ2v) is 7.42. The van der Waals surface area contributed by atoms with Crippen LogP contribution < -0.4 is 5.32 Å². The van der Waals surface area contributed by atoms with E-state index in [1.807, 2.05) is 25.1 Å². The number of fused-ring (bicyclic) bond motifs is 1. The molecule has 11 heteroatoms. The average molecular weight is 532 g/mol. The lowest BCUT2D eigenvalue weighted by Gasteiger charge is -2.19. The molecule has 0 saturated carbocycles. The van der Waals surface area contributed by atoms with E-state index in [-0.39, 0.29) is 24.9 Å². The van der Waals surface area contributed by atoms with Gasteiger partial charge in [0.15, 0.2) is 0 Å². The lowest BCUT2D eigenvalue weighted by Crippen LogP contribution is -2.35. The van der Waals surface area contributed by atoms with E-state index >= 15 is 0 Å². The average Bonchev–Trinajstić information content (AvgIpc) is 3.14. The summed E-state index contributed by atoms with van der Waals surface area (Å²) in [5, 5.41) is 10.8. The van der Waals surface area contributed by atoms with Crippen molar-refractivity contribution >= 4 is 51.9 Å². The molecule has 1 aromatic carbocycles. The highest BCUT2D eigenvalue weighted by atomic mass is 125. The lowest BCUT2D eigenvalue weighted by molar-refractivity contribution is 0.0943. The van der Waals surface area contributed by atoms with Gasteiger partial charge in [-0.3, -0.25) is 14.7 Å². The van der Waals surface area contributed by atoms with Crippen molar-refractivity contribution < 1.29 is 9.18 Å². The van der Waals surface area contributed by atoms with Crippen LogP contribution in [0.15, 0.2) is 30.6 Å². The number of nitrogens with one attached hydrogen (secondary N) is 1. The molecule has 156 valence electrons. The maximum absolute atomic E-state index is 12.4. The molecule has 2 aromatic heterocycles. The molecular formula is C18H22ClFIN7O. The summed E-state index contributed by atoms with van der Waals surface area (Å²) in [6, 6.07) is 5.71. The van der Waals surface area contributed by atoms with Gasteiger partial charge in [0.1, 0.15) is 12.4 Å². The van der Waals surface area contributed by atoms with Crippen LogP contribution >= 0.6 is 35.0 Å². The SMILES string of the molecule is CCN(CCNC(=O)c1cnc2cc([125I])ccc2n1)Cc1cn(CCF)nn1.Cl. The fourth-order valence-corrected chi connectivity index (χ4v) is 3.17. The number of benzene rings is 1. The Hall–Kier alpha value is -1.92. The summed E-state index contributed by atoms with van der Waals surface area (Å²) < 4.78 is 14.9. The maximum Gasteiger partial charge on any atom is 0.271 e. The van der Waals surface area contributed by atoms with Gasteiger partial charge in [0.2, 0.25) is 0 Å². The molecule has 0 radical (unpaired) electrons. The van der Waals surface area contributed by atoms with Gasteiger partial charge in [0.25, 0.3) is 5.91 Å². The predicted octanol–water partition coefficient (Wildman–Crippen LogP) is 2.47. The number of carbonyl (C=O) groups is 1. The number of nitrogens with zero attached hydrogens (tertiary/aromatic N) is 6. The Morgan fingerprint density at radius 3 is 2.93 bits per heavy atom. The van der Waals surface area contributed by atoms with Crippen molar-refractivity contribution in [3.8, 4) is 0 Å². The van der Waals surface area contributed by atoms with Crippen molar-refractivity contribution in [1.82, 2.24) is 35.2 Å². The zero-order valence-corrected chi connectivity index (χ0v) is 18.9. The van der Waals surface area contributed by atoms with Gasteiger partial charge in [-0.05, 0) is 47.3 Å². The lowest BCUT2D eigenvalue weighted by atomic mass is 10.3. The van der Waals surface area contributed by atoms with E-state index in [1.54, 1.807) is 6.20 Å². The quantitative estimate of drug-likeness (QED) is 0.427. The van der Waals surface area contributed by atoms with Gasteiger partial charge in [0.05, 0.1) is 29.5 Å². The van der Waals surface area contributed by atoms with Gasteiger partial charge >= 0.3 is 0 Å². The molecule has 0 aliphatic heterocycles. The summed E-state index contributed by atoms with van der Waals surface area (Å²) in [6.07, 6.45) is 3.24. The highest BCUT2D eigenvalue weighted by Crippen LogP contribution is 2.13. The first-order chi connectivity index (χ1) is 13.6. The van der Waals surface area contributed by atoms with Crippen molar-refractivity contribution in [2.75, 3.05) is 26.3 Å². The number of hydrogen-bond donors (Lipinski definition) is 1. The first-order valence-corrected chi connectivity index (χ1v) is 10.0. The van der Waals surface area contributed by atoms with Gasteiger partial charge in [-0.2, -0.15) is 0 Å². The molecule has 0 unspecified atom stereocenters. The van der Waals surface area contributed by atoms with Gasteiger partial charge in [-0.25, -0.2) is 14.1 Å². The zero-order valence-electron chi connectivity index (χ0n) is 15.9. The molecule has 3 aromatic rings. The second-order valence-electron chi connectivity index (χ2n) is 6.17. The van der Waals surface area contributed by atoms with E-state index in [2.05, 4.69) is 53.1 Å². The van der Waals surface area contributed by atoms with Crippen LogP contribution in [0.2, 0.25) is 0 Å². The molecule has 0 spiro atoms. The fraction of sp³-hybridized carbons (Fsp3) is 0.389. The van der Waals surface area contributed by atoms with Crippen LogP contribution in [0.25, 0.3) is 11.0 Å². The fourth-order valence-electron chi connectivity index (χ4n) is 2.70. The molecule has 1 amide bonds. The van der Waals surface area contributed by atoms with E-state index in [9.17, 15) is 9.18 Å². The molecule has 29 heavy (non-hydrogen) atoms. The molecule has 0 aliphatic carbocycles. The number of halogens is 3. The van der Waals surface area contributed by atoms with Crippen LogP contribution in [0.5, 0.6) is 0 Å². The van der Waals surface area contributed by atoms with Crippen molar-refractivity contribution in [3.63, 3.8) is 0 Å². The van der Waals surface area contributed by atoms with Crippen LogP contribution in [0.3, 0.4) is 0 Å². The maximum atomic E-state index is 12.4. The van der Waals surface area contributed by atoms with Crippen LogP contribution in [0, 0.1) is 3.57 Å². The third kappa shape index (κ3) is 6.54. The molecule has 0 aliphatic rings. The normalized spacial score (nSPS) is 10.9. The first kappa shape index (κ1) is 23.4. The predicted molar refractivity (Wildman–Crippen MR) is 119 cm³/mol. The highest BCUT2D eigenvalue weighted by molar-refractivity contribution is 14.1. The summed E-state index contributed by atoms with van der Waals surface area (Å²) in [4.78, 5) is 23.2. The molecular weight excluding hydrogens is 510 g/mol. The van der Waals surface area contributed by atoms with Crippen LogP contribution in [-0.4, -0.2) is 62.1 Å². The third-order valence-corrected chi connectivity index (χ3v) is 4.85. The van der Waals surface area contributed by atoms with Gasteiger partial charge in [-0.1, -0.05) is 12.1 Å². The summed E-state index contributed by atoms with van der Waals surface area (Å²) in [5.41, 5.74) is 2.53. The summed E-state index contributed by atoms with van der Waals surface area (Å²) in [5.74, 6) is -0.252. The van der Waals surface area contributed by atoms with E-state index in [4.69, 9.17) is 0 Å². The summed E-state index contributed by atoms with van der Waals surface area (Å²) >= 11 is 2.21. The Labute approximate surface area is 187 Å². The Bertz CT molecular complexity index is 955. The van der Waals surface area contributed by atoms with Crippen molar-refractivity contribution in [1.29, 1.82) is 0 Å². The standard InChI is InChI=1S/C18H21FIN7O.ClH/c1-2-26(11-14-12-27(7-5-19)25-24-14)8-6-21-18(28)17-10-22-16-9-13(20)3-4-15(16)23-17;/h3-4,9-10,12H,2,5-8,11H2,1H3,(H,21,28);1H/i20-2;. The Morgan fingerprint density at radius 1 is 1.34 bits per heavy atom. The highest BCUT2D eigenvalue weighted by Gasteiger charge is 2.11. The smallest absolute Gasteiger partial charge is 0.271 e. The number of hydrogen-bond acceptors (Lipinski definition) is 6. The number of rotatable bonds is 9. The molecule has 8 nitrogen and oxygen atoms in total. The largest absolute Gasteiger partial charge is 0.349 e. The third-order valence-electron chi connectivity index (χ3n) is 4.18. The topological polar surface area (TPSA) is 88.8 Å². The van der Waals surface area contributed by atoms with E-state index in [0.717, 1.165) is 21.3 Å². The van der Waals surface area contributed by atoms with E-state index in [1.165, 1.54) is 10.9 Å². The molecule has 0 atom stereocenters. The van der Waals surface area contributed by atoms with E-state index in [0.29, 0.717) is 30.8 Å². The summed E-state index contributed by atoms with van der Waals surface area (Å²) in [6.45, 7) is 4.27. The van der Waals surface area contributed by atoms with Gasteiger partial charge in [0, 0.05) is 29.4 Å². The number of carbonyl (C=O) groups excluding carboxylic acids is 1. The van der Waals surface area contributed by atoms with Crippen molar-refractivity contribution in [2.45, 2.75) is 20.0 Å². The Morgan fingerprint density at radius 2 is 2.17 bits per heavy atom. The minimum absolute atomic E-state index is 0. The van der Waals surface area contributed by atoms with Crippen LogP contribution in [0.4, 0.5) is 4.39 Å². The van der Waals surface area contributed by atoms with Crippen LogP contribution in [-0.2, 0) is 13.1 Å². The number of aryl methyl sites for hydroxylation is 1. The van der Waals surface area contributed by atoms with Crippen molar-refractivity contribution in [2.24, 2.45) is 0 Å². The number of likely N-dealkylation sites (N-methyl/N-ethyl adjacent to an activating group) is 1. The number of alkyl halides is 1. The molecule has 0 bridgehead atoms.